The van der Waals surface area contributed by atoms with Crippen LogP contribution in [0.1, 0.15) is 40.5 Å². The number of rotatable bonds is 7. The molecule has 1 aliphatic heterocycles. The third-order valence-electron chi connectivity index (χ3n) is 3.83. The van der Waals surface area contributed by atoms with Gasteiger partial charge in [0.2, 0.25) is 5.91 Å². The summed E-state index contributed by atoms with van der Waals surface area (Å²) in [6.07, 6.45) is 2.70. The quantitative estimate of drug-likeness (QED) is 0.719. The molecule has 0 aromatic heterocycles. The van der Waals surface area contributed by atoms with Gasteiger partial charge in [-0.2, -0.15) is 0 Å². The second kappa shape index (κ2) is 8.63. The third-order valence-corrected chi connectivity index (χ3v) is 3.83. The Bertz CT molecular complexity index is 292. The summed E-state index contributed by atoms with van der Waals surface area (Å²) in [5.74, 6) is 1.04. The summed E-state index contributed by atoms with van der Waals surface area (Å²) in [6.45, 7) is 13.1. The monoisotopic (exact) mass is 284 g/mol. The van der Waals surface area contributed by atoms with E-state index in [2.05, 4.69) is 18.7 Å². The van der Waals surface area contributed by atoms with E-state index in [1.807, 2.05) is 25.8 Å². The van der Waals surface area contributed by atoms with Crippen LogP contribution in [0, 0.1) is 11.8 Å². The SMILES string of the molecule is CC(C)CCCN1CCO[C@H](CN(C)C(=O)C(C)C)C1. The summed E-state index contributed by atoms with van der Waals surface area (Å²) >= 11 is 0. The van der Waals surface area contributed by atoms with Gasteiger partial charge in [0, 0.05) is 32.6 Å². The fourth-order valence-corrected chi connectivity index (χ4v) is 2.65. The number of morpholine rings is 1. The summed E-state index contributed by atoms with van der Waals surface area (Å²) in [5.41, 5.74) is 0. The molecule has 1 aliphatic rings. The Hall–Kier alpha value is -0.610. The molecule has 0 aromatic rings. The number of likely N-dealkylation sites (N-methyl/N-ethyl adjacent to an activating group) is 1. The second-order valence-corrected chi connectivity index (χ2v) is 6.70. The van der Waals surface area contributed by atoms with Crippen LogP contribution >= 0.6 is 0 Å². The van der Waals surface area contributed by atoms with E-state index >= 15 is 0 Å². The Labute approximate surface area is 124 Å². The first-order valence-corrected chi connectivity index (χ1v) is 7.99. The number of hydrogen-bond acceptors (Lipinski definition) is 3. The van der Waals surface area contributed by atoms with Crippen molar-refractivity contribution in [2.45, 2.75) is 46.6 Å². The molecule has 4 heteroatoms. The third kappa shape index (κ3) is 6.23. The molecule has 1 fully saturated rings. The standard InChI is InChI=1S/C16H32N2O2/c1-13(2)7-6-8-18-9-10-20-15(12-18)11-17(5)16(19)14(3)4/h13-15H,6-12H2,1-5H3/t15-/m1/s1. The maximum atomic E-state index is 11.9. The van der Waals surface area contributed by atoms with E-state index < -0.39 is 0 Å². The Morgan fingerprint density at radius 2 is 2.05 bits per heavy atom. The average Bonchev–Trinajstić information content (AvgIpc) is 2.37. The molecule has 1 amide bonds. The van der Waals surface area contributed by atoms with Crippen LogP contribution in [0.5, 0.6) is 0 Å². The van der Waals surface area contributed by atoms with Gasteiger partial charge in [0.25, 0.3) is 0 Å². The summed E-state index contributed by atoms with van der Waals surface area (Å²) < 4.78 is 5.80. The van der Waals surface area contributed by atoms with Crippen LogP contribution in [-0.4, -0.2) is 61.6 Å². The van der Waals surface area contributed by atoms with Gasteiger partial charge in [-0.15, -0.1) is 0 Å². The molecule has 0 spiro atoms. The molecular formula is C16H32N2O2. The molecule has 1 rings (SSSR count). The fourth-order valence-electron chi connectivity index (χ4n) is 2.65. The maximum absolute atomic E-state index is 11.9. The zero-order valence-electron chi connectivity index (χ0n) is 13.9. The molecule has 118 valence electrons. The minimum absolute atomic E-state index is 0.0609. The van der Waals surface area contributed by atoms with Crippen molar-refractivity contribution < 1.29 is 9.53 Å². The Morgan fingerprint density at radius 1 is 1.35 bits per heavy atom. The van der Waals surface area contributed by atoms with Crippen LogP contribution in [0.4, 0.5) is 0 Å². The summed E-state index contributed by atoms with van der Waals surface area (Å²) in [7, 11) is 1.88. The zero-order chi connectivity index (χ0) is 15.1. The first-order valence-electron chi connectivity index (χ1n) is 7.99. The highest BCUT2D eigenvalue weighted by molar-refractivity contribution is 5.77. The first kappa shape index (κ1) is 17.4. The molecule has 0 aromatic carbocycles. The van der Waals surface area contributed by atoms with Crippen LogP contribution in [-0.2, 0) is 9.53 Å². The molecule has 0 unspecified atom stereocenters. The van der Waals surface area contributed by atoms with Crippen molar-refractivity contribution in [2.75, 3.05) is 39.8 Å². The summed E-state index contributed by atoms with van der Waals surface area (Å²) in [5, 5.41) is 0. The molecule has 0 radical (unpaired) electrons. The molecule has 4 nitrogen and oxygen atoms in total. The number of carbonyl (C=O) groups is 1. The van der Waals surface area contributed by atoms with Gasteiger partial charge >= 0.3 is 0 Å². The average molecular weight is 284 g/mol. The highest BCUT2D eigenvalue weighted by Crippen LogP contribution is 2.11. The van der Waals surface area contributed by atoms with E-state index in [-0.39, 0.29) is 17.9 Å². The lowest BCUT2D eigenvalue weighted by Crippen LogP contribution is -2.48. The Balaban J connectivity index is 2.31. The lowest BCUT2D eigenvalue weighted by atomic mass is 10.1. The Kier molecular flexibility index (Phi) is 7.52. The normalized spacial score (nSPS) is 20.6. The van der Waals surface area contributed by atoms with Gasteiger partial charge in [0.15, 0.2) is 0 Å². The number of amides is 1. The van der Waals surface area contributed by atoms with Crippen LogP contribution in [0.3, 0.4) is 0 Å². The zero-order valence-corrected chi connectivity index (χ0v) is 13.9. The molecule has 0 N–H and O–H groups in total. The topological polar surface area (TPSA) is 32.8 Å². The lowest BCUT2D eigenvalue weighted by molar-refractivity contribution is -0.136. The van der Waals surface area contributed by atoms with E-state index in [9.17, 15) is 4.79 Å². The summed E-state index contributed by atoms with van der Waals surface area (Å²) in [6, 6.07) is 0. The number of hydrogen-bond donors (Lipinski definition) is 0. The molecule has 20 heavy (non-hydrogen) atoms. The Morgan fingerprint density at radius 3 is 2.65 bits per heavy atom. The minimum Gasteiger partial charge on any atom is -0.374 e. The van der Waals surface area contributed by atoms with Crippen molar-refractivity contribution in [3.8, 4) is 0 Å². The predicted octanol–water partition coefficient (Wildman–Crippen LogP) is 2.24. The minimum atomic E-state index is 0.0609. The molecule has 0 bridgehead atoms. The van der Waals surface area contributed by atoms with Crippen molar-refractivity contribution in [2.24, 2.45) is 11.8 Å². The predicted molar refractivity (Wildman–Crippen MR) is 82.7 cm³/mol. The molecule has 1 heterocycles. The number of carbonyl (C=O) groups excluding carboxylic acids is 1. The van der Waals surface area contributed by atoms with Crippen molar-refractivity contribution >= 4 is 5.91 Å². The van der Waals surface area contributed by atoms with Gasteiger partial charge in [-0.1, -0.05) is 27.7 Å². The van der Waals surface area contributed by atoms with E-state index in [1.54, 1.807) is 0 Å². The largest absolute Gasteiger partial charge is 0.374 e. The van der Waals surface area contributed by atoms with Gasteiger partial charge in [0.05, 0.1) is 12.7 Å². The molecule has 1 atom stereocenters. The highest BCUT2D eigenvalue weighted by Gasteiger charge is 2.23. The number of ether oxygens (including phenoxy) is 1. The maximum Gasteiger partial charge on any atom is 0.224 e. The van der Waals surface area contributed by atoms with E-state index in [4.69, 9.17) is 4.74 Å². The van der Waals surface area contributed by atoms with Gasteiger partial charge in [-0.25, -0.2) is 0 Å². The molecule has 0 aliphatic carbocycles. The van der Waals surface area contributed by atoms with E-state index in [1.165, 1.54) is 12.8 Å². The van der Waals surface area contributed by atoms with Gasteiger partial charge in [-0.05, 0) is 25.3 Å². The lowest BCUT2D eigenvalue weighted by Gasteiger charge is -2.35. The fraction of sp³-hybridized carbons (Fsp3) is 0.938. The van der Waals surface area contributed by atoms with Crippen LogP contribution in [0.25, 0.3) is 0 Å². The van der Waals surface area contributed by atoms with Gasteiger partial charge < -0.3 is 9.64 Å². The highest BCUT2D eigenvalue weighted by atomic mass is 16.5. The van der Waals surface area contributed by atoms with Crippen LogP contribution < -0.4 is 0 Å². The van der Waals surface area contributed by atoms with Crippen LogP contribution in [0.15, 0.2) is 0 Å². The van der Waals surface area contributed by atoms with Gasteiger partial charge in [-0.3, -0.25) is 9.69 Å². The van der Waals surface area contributed by atoms with Crippen molar-refractivity contribution in [3.63, 3.8) is 0 Å². The van der Waals surface area contributed by atoms with Crippen molar-refractivity contribution in [1.29, 1.82) is 0 Å². The van der Waals surface area contributed by atoms with Crippen molar-refractivity contribution in [3.05, 3.63) is 0 Å². The summed E-state index contributed by atoms with van der Waals surface area (Å²) in [4.78, 5) is 16.2. The molecular weight excluding hydrogens is 252 g/mol. The smallest absolute Gasteiger partial charge is 0.224 e. The number of nitrogens with zero attached hydrogens (tertiary/aromatic N) is 2. The van der Waals surface area contributed by atoms with E-state index in [0.717, 1.165) is 32.2 Å². The second-order valence-electron chi connectivity index (χ2n) is 6.70. The van der Waals surface area contributed by atoms with Gasteiger partial charge in [0.1, 0.15) is 0 Å². The van der Waals surface area contributed by atoms with E-state index in [0.29, 0.717) is 6.54 Å². The molecule has 1 saturated heterocycles. The van der Waals surface area contributed by atoms with Crippen molar-refractivity contribution in [1.82, 2.24) is 9.80 Å². The van der Waals surface area contributed by atoms with Crippen LogP contribution in [0.2, 0.25) is 0 Å². The first-order chi connectivity index (χ1) is 9.40. The molecule has 0 saturated carbocycles.